The molecular formula is C22H32N2O3S. The summed E-state index contributed by atoms with van der Waals surface area (Å²) in [6, 6.07) is 9.96. The molecule has 1 fully saturated rings. The predicted octanol–water partition coefficient (Wildman–Crippen LogP) is 3.28. The number of benzene rings is 1. The van der Waals surface area contributed by atoms with Crippen molar-refractivity contribution in [2.45, 2.75) is 51.4 Å². The maximum absolute atomic E-state index is 12.7. The first-order valence-corrected chi connectivity index (χ1v) is 12.1. The SMILES string of the molecule is O=C(NCC1=CCCCC1)[C@H]1CCCN(S(=O)(=O)CCCc2ccccc2)C1. The van der Waals surface area contributed by atoms with Gasteiger partial charge >= 0.3 is 0 Å². The number of nitrogens with one attached hydrogen (secondary N) is 1. The number of hydrogen-bond donors (Lipinski definition) is 1. The lowest BCUT2D eigenvalue weighted by molar-refractivity contribution is -0.125. The molecule has 0 spiro atoms. The number of sulfonamides is 1. The Morgan fingerprint density at radius 1 is 1.14 bits per heavy atom. The van der Waals surface area contributed by atoms with E-state index in [1.165, 1.54) is 22.7 Å². The fourth-order valence-corrected chi connectivity index (χ4v) is 5.63. The maximum atomic E-state index is 12.7. The minimum absolute atomic E-state index is 0.00402. The summed E-state index contributed by atoms with van der Waals surface area (Å²) in [5.41, 5.74) is 2.46. The molecule has 154 valence electrons. The van der Waals surface area contributed by atoms with Gasteiger partial charge in [0.25, 0.3) is 0 Å². The first kappa shape index (κ1) is 21.1. The third kappa shape index (κ3) is 6.17. The second-order valence-electron chi connectivity index (χ2n) is 7.93. The van der Waals surface area contributed by atoms with Gasteiger partial charge in [-0.25, -0.2) is 12.7 Å². The van der Waals surface area contributed by atoms with Gasteiger partial charge in [0.1, 0.15) is 0 Å². The van der Waals surface area contributed by atoms with Crippen molar-refractivity contribution in [3.05, 3.63) is 47.5 Å². The molecule has 1 saturated heterocycles. The molecule has 1 aliphatic heterocycles. The van der Waals surface area contributed by atoms with E-state index in [0.717, 1.165) is 37.7 Å². The van der Waals surface area contributed by atoms with Crippen molar-refractivity contribution in [3.8, 4) is 0 Å². The van der Waals surface area contributed by atoms with Crippen LogP contribution in [0.4, 0.5) is 0 Å². The summed E-state index contributed by atoms with van der Waals surface area (Å²) in [5.74, 6) is -0.0964. The molecule has 28 heavy (non-hydrogen) atoms. The number of carbonyl (C=O) groups excluding carboxylic acids is 1. The number of piperidine rings is 1. The first-order chi connectivity index (χ1) is 13.5. The van der Waals surface area contributed by atoms with E-state index in [1.807, 2.05) is 30.3 Å². The van der Waals surface area contributed by atoms with E-state index in [2.05, 4.69) is 11.4 Å². The maximum Gasteiger partial charge on any atom is 0.224 e. The summed E-state index contributed by atoms with van der Waals surface area (Å²) in [4.78, 5) is 12.6. The Bertz CT molecular complexity index is 774. The van der Waals surface area contributed by atoms with E-state index in [1.54, 1.807) is 0 Å². The zero-order valence-electron chi connectivity index (χ0n) is 16.6. The van der Waals surface area contributed by atoms with Crippen LogP contribution in [-0.2, 0) is 21.2 Å². The molecule has 5 nitrogen and oxygen atoms in total. The summed E-state index contributed by atoms with van der Waals surface area (Å²) >= 11 is 0. The lowest BCUT2D eigenvalue weighted by atomic mass is 9.97. The number of nitrogens with zero attached hydrogens (tertiary/aromatic N) is 1. The number of rotatable bonds is 8. The Kier molecular flexibility index (Phi) is 7.68. The van der Waals surface area contributed by atoms with E-state index in [9.17, 15) is 13.2 Å². The molecule has 0 unspecified atom stereocenters. The van der Waals surface area contributed by atoms with Gasteiger partial charge in [0, 0.05) is 19.6 Å². The summed E-state index contributed by atoms with van der Waals surface area (Å²) in [6.07, 6.45) is 9.70. The fourth-order valence-electron chi connectivity index (χ4n) is 4.05. The van der Waals surface area contributed by atoms with Crippen molar-refractivity contribution in [2.75, 3.05) is 25.4 Å². The van der Waals surface area contributed by atoms with Crippen molar-refractivity contribution in [3.63, 3.8) is 0 Å². The van der Waals surface area contributed by atoms with Gasteiger partial charge in [-0.2, -0.15) is 0 Å². The molecular weight excluding hydrogens is 372 g/mol. The van der Waals surface area contributed by atoms with Crippen molar-refractivity contribution < 1.29 is 13.2 Å². The van der Waals surface area contributed by atoms with E-state index < -0.39 is 10.0 Å². The van der Waals surface area contributed by atoms with Gasteiger partial charge < -0.3 is 5.32 Å². The molecule has 1 aromatic rings. The van der Waals surface area contributed by atoms with Gasteiger partial charge in [0.2, 0.25) is 15.9 Å². The Labute approximate surface area is 169 Å². The van der Waals surface area contributed by atoms with Crippen LogP contribution in [0.3, 0.4) is 0 Å². The highest BCUT2D eigenvalue weighted by molar-refractivity contribution is 7.89. The molecule has 1 heterocycles. The molecule has 0 radical (unpaired) electrons. The molecule has 1 amide bonds. The first-order valence-electron chi connectivity index (χ1n) is 10.5. The van der Waals surface area contributed by atoms with E-state index in [4.69, 9.17) is 0 Å². The highest BCUT2D eigenvalue weighted by Crippen LogP contribution is 2.21. The Balaban J connectivity index is 1.47. The zero-order valence-corrected chi connectivity index (χ0v) is 17.4. The Morgan fingerprint density at radius 3 is 2.71 bits per heavy atom. The Hall–Kier alpha value is -1.66. The second kappa shape index (κ2) is 10.2. The highest BCUT2D eigenvalue weighted by Gasteiger charge is 2.32. The monoisotopic (exact) mass is 404 g/mol. The van der Waals surface area contributed by atoms with Gasteiger partial charge in [0.15, 0.2) is 0 Å². The largest absolute Gasteiger partial charge is 0.352 e. The molecule has 1 aromatic carbocycles. The predicted molar refractivity (Wildman–Crippen MR) is 112 cm³/mol. The molecule has 1 atom stereocenters. The topological polar surface area (TPSA) is 66.5 Å². The van der Waals surface area contributed by atoms with Crippen LogP contribution in [0.1, 0.15) is 50.5 Å². The number of allylic oxidation sites excluding steroid dienone is 1. The number of amides is 1. The summed E-state index contributed by atoms with van der Waals surface area (Å²) in [7, 11) is -3.31. The van der Waals surface area contributed by atoms with Crippen LogP contribution < -0.4 is 5.32 Å². The van der Waals surface area contributed by atoms with Crippen molar-refractivity contribution in [1.29, 1.82) is 0 Å². The lowest BCUT2D eigenvalue weighted by Gasteiger charge is -2.31. The Morgan fingerprint density at radius 2 is 1.96 bits per heavy atom. The number of carbonyl (C=O) groups is 1. The molecule has 0 aromatic heterocycles. The zero-order chi connectivity index (χ0) is 19.8. The standard InChI is InChI=1S/C22H32N2O3S/c25-22(23-17-20-11-5-2-6-12-20)21-14-7-15-24(18-21)28(26,27)16-8-13-19-9-3-1-4-10-19/h1,3-4,9-11,21H,2,5-8,12-18H2,(H,23,25)/t21-/m0/s1. The second-order valence-corrected chi connectivity index (χ2v) is 10.0. The molecule has 1 N–H and O–H groups in total. The average Bonchev–Trinajstić information content (AvgIpc) is 2.73. The van der Waals surface area contributed by atoms with Gasteiger partial charge in [-0.15, -0.1) is 0 Å². The van der Waals surface area contributed by atoms with Crippen LogP contribution in [0.2, 0.25) is 0 Å². The van der Waals surface area contributed by atoms with Crippen LogP contribution in [0.5, 0.6) is 0 Å². The molecule has 2 aliphatic rings. The van der Waals surface area contributed by atoms with Gasteiger partial charge in [-0.1, -0.05) is 42.0 Å². The lowest BCUT2D eigenvalue weighted by Crippen LogP contribution is -2.46. The summed E-state index contributed by atoms with van der Waals surface area (Å²) in [6.45, 7) is 1.46. The van der Waals surface area contributed by atoms with Crippen LogP contribution in [-0.4, -0.2) is 44.0 Å². The number of hydrogen-bond acceptors (Lipinski definition) is 3. The van der Waals surface area contributed by atoms with Crippen LogP contribution in [0.25, 0.3) is 0 Å². The van der Waals surface area contributed by atoms with Crippen molar-refractivity contribution in [2.24, 2.45) is 5.92 Å². The smallest absolute Gasteiger partial charge is 0.224 e. The fraction of sp³-hybridized carbons (Fsp3) is 0.591. The van der Waals surface area contributed by atoms with E-state index >= 15 is 0 Å². The minimum Gasteiger partial charge on any atom is -0.352 e. The summed E-state index contributed by atoms with van der Waals surface area (Å²) in [5, 5.41) is 3.03. The van der Waals surface area contributed by atoms with Crippen LogP contribution in [0, 0.1) is 5.92 Å². The van der Waals surface area contributed by atoms with Crippen molar-refractivity contribution in [1.82, 2.24) is 9.62 Å². The minimum atomic E-state index is -3.31. The quantitative estimate of drug-likeness (QED) is 0.676. The van der Waals surface area contributed by atoms with Gasteiger partial charge in [-0.05, 0) is 56.9 Å². The molecule has 0 bridgehead atoms. The molecule has 3 rings (SSSR count). The average molecular weight is 405 g/mol. The van der Waals surface area contributed by atoms with Crippen molar-refractivity contribution >= 4 is 15.9 Å². The summed E-state index contributed by atoms with van der Waals surface area (Å²) < 4.78 is 27.0. The van der Waals surface area contributed by atoms with Crippen LogP contribution in [0.15, 0.2) is 42.0 Å². The molecule has 1 aliphatic carbocycles. The third-order valence-electron chi connectivity index (χ3n) is 5.73. The third-order valence-corrected chi connectivity index (χ3v) is 7.66. The van der Waals surface area contributed by atoms with E-state index in [0.29, 0.717) is 26.1 Å². The van der Waals surface area contributed by atoms with Gasteiger partial charge in [0.05, 0.1) is 11.7 Å². The molecule has 6 heteroatoms. The van der Waals surface area contributed by atoms with E-state index in [-0.39, 0.29) is 17.6 Å². The van der Waals surface area contributed by atoms with Crippen LogP contribution >= 0.6 is 0 Å². The normalized spacial score (nSPS) is 21.1. The highest BCUT2D eigenvalue weighted by atomic mass is 32.2. The number of aryl methyl sites for hydroxylation is 1. The molecule has 0 saturated carbocycles. The van der Waals surface area contributed by atoms with Gasteiger partial charge in [-0.3, -0.25) is 4.79 Å².